The van der Waals surface area contributed by atoms with Crippen molar-refractivity contribution in [1.82, 2.24) is 0 Å². The van der Waals surface area contributed by atoms with Crippen molar-refractivity contribution in [3.63, 3.8) is 0 Å². The molecule has 0 spiro atoms. The van der Waals surface area contributed by atoms with Crippen LogP contribution in [-0.2, 0) is 14.2 Å². The lowest BCUT2D eigenvalue weighted by molar-refractivity contribution is -0.206. The van der Waals surface area contributed by atoms with E-state index in [1.165, 1.54) is 0 Å². The number of hydrogen-bond donors (Lipinski definition) is 2. The van der Waals surface area contributed by atoms with E-state index >= 15 is 0 Å². The molecule has 1 aliphatic heterocycles. The summed E-state index contributed by atoms with van der Waals surface area (Å²) >= 11 is 0. The Labute approximate surface area is 68.6 Å². The molecule has 0 radical (unpaired) electrons. The van der Waals surface area contributed by atoms with Gasteiger partial charge in [-0.15, -0.1) is 0 Å². The maximum atomic E-state index is 10.00. The first-order valence-corrected chi connectivity index (χ1v) is 3.43. The van der Waals surface area contributed by atoms with Gasteiger partial charge in [-0.3, -0.25) is 0 Å². The molecule has 1 heterocycles. The summed E-state index contributed by atoms with van der Waals surface area (Å²) in [4.78, 5) is 10.00. The lowest BCUT2D eigenvalue weighted by Crippen LogP contribution is -2.40. The fourth-order valence-electron chi connectivity index (χ4n) is 0.889. The molecule has 2 N–H and O–H groups in total. The molecule has 0 aromatic carbocycles. The van der Waals surface area contributed by atoms with Crippen LogP contribution in [0.15, 0.2) is 0 Å². The molecule has 1 fully saturated rings. The van der Waals surface area contributed by atoms with Crippen LogP contribution in [0.4, 0.5) is 4.79 Å². The van der Waals surface area contributed by atoms with Crippen molar-refractivity contribution in [1.29, 1.82) is 0 Å². The first kappa shape index (κ1) is 9.24. The maximum Gasteiger partial charge on any atom is 0.505 e. The van der Waals surface area contributed by atoms with Crippen molar-refractivity contribution < 1.29 is 29.2 Å². The van der Waals surface area contributed by atoms with E-state index < -0.39 is 18.5 Å². The molecule has 0 saturated carbocycles. The smallest absolute Gasteiger partial charge is 0.450 e. The first-order valence-electron chi connectivity index (χ1n) is 3.43. The minimum atomic E-state index is -1.41. The van der Waals surface area contributed by atoms with Gasteiger partial charge in [0.05, 0.1) is 13.2 Å². The third kappa shape index (κ3) is 2.07. The lowest BCUT2D eigenvalue weighted by Gasteiger charge is -2.23. The number of rotatable bonds is 3. The predicted molar refractivity (Wildman–Crippen MR) is 35.7 cm³/mol. The van der Waals surface area contributed by atoms with Crippen LogP contribution in [0, 0.1) is 0 Å². The standard InChI is InChI=1S/C6H10O6/c7-3-6(4-10-5(8)9)11-1-2-12-6/h7H,1-4H2,(H,8,9). The van der Waals surface area contributed by atoms with Crippen LogP contribution >= 0.6 is 0 Å². The third-order valence-electron chi connectivity index (χ3n) is 1.47. The average molecular weight is 178 g/mol. The van der Waals surface area contributed by atoms with Gasteiger partial charge in [0.25, 0.3) is 0 Å². The molecule has 0 aliphatic carbocycles. The molecule has 1 aliphatic rings. The highest BCUT2D eigenvalue weighted by Crippen LogP contribution is 2.18. The molecule has 0 aromatic rings. The largest absolute Gasteiger partial charge is 0.505 e. The molecule has 0 amide bonds. The van der Waals surface area contributed by atoms with Gasteiger partial charge in [-0.2, -0.15) is 0 Å². The Bertz CT molecular complexity index is 161. The van der Waals surface area contributed by atoms with Gasteiger partial charge < -0.3 is 24.4 Å². The van der Waals surface area contributed by atoms with Gasteiger partial charge in [-0.25, -0.2) is 4.79 Å². The van der Waals surface area contributed by atoms with Gasteiger partial charge in [-0.1, -0.05) is 0 Å². The number of aliphatic hydroxyl groups excluding tert-OH is 1. The number of hydrogen-bond acceptors (Lipinski definition) is 5. The van der Waals surface area contributed by atoms with Crippen LogP contribution in [-0.4, -0.2) is 48.6 Å². The Hall–Kier alpha value is -0.850. The summed E-state index contributed by atoms with van der Waals surface area (Å²) in [5.74, 6) is -1.28. The van der Waals surface area contributed by atoms with Crippen molar-refractivity contribution in [2.75, 3.05) is 26.4 Å². The second kappa shape index (κ2) is 3.70. The minimum Gasteiger partial charge on any atom is -0.450 e. The third-order valence-corrected chi connectivity index (χ3v) is 1.47. The Morgan fingerprint density at radius 3 is 2.50 bits per heavy atom. The minimum absolute atomic E-state index is 0.307. The topological polar surface area (TPSA) is 85.2 Å². The van der Waals surface area contributed by atoms with Crippen LogP contribution in [0.5, 0.6) is 0 Å². The average Bonchev–Trinajstić information content (AvgIpc) is 2.50. The predicted octanol–water partition coefficient (Wildman–Crippen LogP) is -0.584. The van der Waals surface area contributed by atoms with E-state index in [2.05, 4.69) is 4.74 Å². The Kier molecular flexibility index (Phi) is 2.85. The highest BCUT2D eigenvalue weighted by Gasteiger charge is 2.37. The molecule has 6 heteroatoms. The van der Waals surface area contributed by atoms with E-state index in [0.29, 0.717) is 13.2 Å². The van der Waals surface area contributed by atoms with Crippen LogP contribution in [0.25, 0.3) is 0 Å². The van der Waals surface area contributed by atoms with Gasteiger partial charge in [0.1, 0.15) is 6.61 Å². The molecule has 1 rings (SSSR count). The van der Waals surface area contributed by atoms with E-state index in [1.54, 1.807) is 0 Å². The molecular formula is C6H10O6. The Morgan fingerprint density at radius 1 is 1.50 bits per heavy atom. The summed E-state index contributed by atoms with van der Waals surface area (Å²) in [5.41, 5.74) is 0. The van der Waals surface area contributed by atoms with Gasteiger partial charge >= 0.3 is 6.16 Å². The molecule has 6 nitrogen and oxygen atoms in total. The molecule has 0 aromatic heterocycles. The van der Waals surface area contributed by atoms with E-state index in [-0.39, 0.29) is 6.61 Å². The highest BCUT2D eigenvalue weighted by molar-refractivity contribution is 5.56. The fourth-order valence-corrected chi connectivity index (χ4v) is 0.889. The van der Waals surface area contributed by atoms with Crippen molar-refractivity contribution in [2.24, 2.45) is 0 Å². The Balaban J connectivity index is 2.39. The van der Waals surface area contributed by atoms with Crippen LogP contribution in [0.3, 0.4) is 0 Å². The van der Waals surface area contributed by atoms with Gasteiger partial charge in [0.2, 0.25) is 5.79 Å². The number of aliphatic hydroxyl groups is 1. The summed E-state index contributed by atoms with van der Waals surface area (Å²) in [5, 5.41) is 17.0. The molecule has 0 bridgehead atoms. The van der Waals surface area contributed by atoms with Gasteiger partial charge in [0.15, 0.2) is 6.61 Å². The fraction of sp³-hybridized carbons (Fsp3) is 0.833. The molecule has 12 heavy (non-hydrogen) atoms. The van der Waals surface area contributed by atoms with Crippen molar-refractivity contribution >= 4 is 6.16 Å². The molecule has 0 atom stereocenters. The van der Waals surface area contributed by atoms with Crippen molar-refractivity contribution in [3.8, 4) is 0 Å². The second-order valence-corrected chi connectivity index (χ2v) is 2.32. The van der Waals surface area contributed by atoms with E-state index in [4.69, 9.17) is 19.7 Å². The first-order chi connectivity index (χ1) is 5.68. The summed E-state index contributed by atoms with van der Waals surface area (Å²) in [6, 6.07) is 0. The van der Waals surface area contributed by atoms with E-state index in [1.807, 2.05) is 0 Å². The zero-order chi connectivity index (χ0) is 9.03. The van der Waals surface area contributed by atoms with Crippen LogP contribution in [0.1, 0.15) is 0 Å². The molecule has 70 valence electrons. The monoisotopic (exact) mass is 178 g/mol. The Morgan fingerprint density at radius 2 is 2.08 bits per heavy atom. The van der Waals surface area contributed by atoms with Crippen molar-refractivity contribution in [3.05, 3.63) is 0 Å². The number of carbonyl (C=O) groups is 1. The zero-order valence-electron chi connectivity index (χ0n) is 6.36. The normalized spacial score (nSPS) is 20.8. The van der Waals surface area contributed by atoms with Gasteiger partial charge in [-0.05, 0) is 0 Å². The summed E-state index contributed by atoms with van der Waals surface area (Å²) in [7, 11) is 0. The van der Waals surface area contributed by atoms with Gasteiger partial charge in [0, 0.05) is 0 Å². The van der Waals surface area contributed by atoms with E-state index in [9.17, 15) is 4.79 Å². The van der Waals surface area contributed by atoms with Crippen LogP contribution in [0.2, 0.25) is 0 Å². The molecular weight excluding hydrogens is 168 g/mol. The SMILES string of the molecule is O=C(O)OCC1(CO)OCCO1. The quantitative estimate of drug-likeness (QED) is 0.562. The second-order valence-electron chi connectivity index (χ2n) is 2.32. The molecule has 0 unspecified atom stereocenters. The van der Waals surface area contributed by atoms with Crippen molar-refractivity contribution in [2.45, 2.75) is 5.79 Å². The summed E-state index contributed by atoms with van der Waals surface area (Å²) in [6.45, 7) is -0.0494. The number of ether oxygens (including phenoxy) is 3. The highest BCUT2D eigenvalue weighted by atomic mass is 16.8. The lowest BCUT2D eigenvalue weighted by atomic mass is 10.3. The van der Waals surface area contributed by atoms with Crippen LogP contribution < -0.4 is 0 Å². The van der Waals surface area contributed by atoms with E-state index in [0.717, 1.165) is 0 Å². The summed E-state index contributed by atoms with van der Waals surface area (Å²) < 4.78 is 14.2. The number of carboxylic acid groups (broad SMARTS) is 1. The summed E-state index contributed by atoms with van der Waals surface area (Å²) in [6.07, 6.45) is -1.41. The maximum absolute atomic E-state index is 10.00. The molecule has 1 saturated heterocycles. The zero-order valence-corrected chi connectivity index (χ0v) is 6.36.